The average molecular weight is 325 g/mol. The van der Waals surface area contributed by atoms with E-state index in [-0.39, 0.29) is 5.95 Å². The van der Waals surface area contributed by atoms with Crippen LogP contribution < -0.4 is 5.73 Å². The van der Waals surface area contributed by atoms with Crippen LogP contribution in [0.4, 0.5) is 5.95 Å². The van der Waals surface area contributed by atoms with Crippen molar-refractivity contribution in [2.45, 2.75) is 6.42 Å². The van der Waals surface area contributed by atoms with E-state index in [2.05, 4.69) is 50.9 Å². The SMILES string of the molecule is Nc1noc(-c2ccc3c(c2)C(I)=CC3)n1. The lowest BCUT2D eigenvalue weighted by Gasteiger charge is -2.01. The van der Waals surface area contributed by atoms with Crippen molar-refractivity contribution in [3.63, 3.8) is 0 Å². The van der Waals surface area contributed by atoms with Crippen molar-refractivity contribution in [2.75, 3.05) is 5.73 Å². The maximum absolute atomic E-state index is 5.43. The van der Waals surface area contributed by atoms with Crippen LogP contribution in [0.3, 0.4) is 0 Å². The summed E-state index contributed by atoms with van der Waals surface area (Å²) in [5.41, 5.74) is 8.92. The van der Waals surface area contributed by atoms with Crippen molar-refractivity contribution in [2.24, 2.45) is 0 Å². The lowest BCUT2D eigenvalue weighted by atomic mass is 10.1. The van der Waals surface area contributed by atoms with Crippen LogP contribution in [0.1, 0.15) is 11.1 Å². The second-order valence-electron chi connectivity index (χ2n) is 3.59. The van der Waals surface area contributed by atoms with Gasteiger partial charge >= 0.3 is 0 Å². The molecule has 0 saturated heterocycles. The Bertz CT molecular complexity index is 589. The number of allylic oxidation sites excluding steroid dienone is 1. The average Bonchev–Trinajstić information content (AvgIpc) is 2.86. The Morgan fingerprint density at radius 2 is 2.25 bits per heavy atom. The Labute approximate surface area is 106 Å². The number of nitrogens with zero attached hydrogens (tertiary/aromatic N) is 2. The van der Waals surface area contributed by atoms with Crippen LogP contribution in [-0.4, -0.2) is 10.1 Å². The molecule has 80 valence electrons. The third-order valence-electron chi connectivity index (χ3n) is 2.56. The van der Waals surface area contributed by atoms with E-state index in [0.29, 0.717) is 5.89 Å². The molecule has 0 aliphatic heterocycles. The van der Waals surface area contributed by atoms with E-state index >= 15 is 0 Å². The molecule has 1 heterocycles. The highest BCUT2D eigenvalue weighted by Gasteiger charge is 2.14. The Morgan fingerprint density at radius 1 is 1.38 bits per heavy atom. The summed E-state index contributed by atoms with van der Waals surface area (Å²) in [4.78, 5) is 4.01. The number of halogens is 1. The standard InChI is InChI=1S/C11H8IN3O/c12-9-4-3-6-1-2-7(5-8(6)9)10-14-11(13)15-16-10/h1-2,4-5H,3H2,(H2,13,15). The van der Waals surface area contributed by atoms with Gasteiger partial charge in [0.15, 0.2) is 0 Å². The Kier molecular flexibility index (Phi) is 2.20. The number of aromatic nitrogens is 2. The van der Waals surface area contributed by atoms with Crippen LogP contribution in [0.5, 0.6) is 0 Å². The number of fused-ring (bicyclic) bond motifs is 1. The minimum atomic E-state index is 0.167. The fourth-order valence-electron chi connectivity index (χ4n) is 1.77. The highest BCUT2D eigenvalue weighted by molar-refractivity contribution is 14.1. The van der Waals surface area contributed by atoms with Crippen LogP contribution in [-0.2, 0) is 6.42 Å². The van der Waals surface area contributed by atoms with Crippen LogP contribution >= 0.6 is 22.6 Å². The quantitative estimate of drug-likeness (QED) is 0.819. The van der Waals surface area contributed by atoms with E-state index in [9.17, 15) is 0 Å². The maximum atomic E-state index is 5.43. The molecule has 3 rings (SSSR count). The number of nitrogen functional groups attached to an aromatic ring is 1. The number of rotatable bonds is 1. The highest BCUT2D eigenvalue weighted by Crippen LogP contribution is 2.34. The molecule has 1 aliphatic rings. The largest absolute Gasteiger partial charge is 0.365 e. The molecule has 1 aromatic carbocycles. The zero-order valence-electron chi connectivity index (χ0n) is 8.27. The Balaban J connectivity index is 2.10. The summed E-state index contributed by atoms with van der Waals surface area (Å²) in [6.07, 6.45) is 3.21. The van der Waals surface area contributed by atoms with Crippen LogP contribution in [0, 0.1) is 0 Å². The van der Waals surface area contributed by atoms with E-state index in [4.69, 9.17) is 10.3 Å². The van der Waals surface area contributed by atoms with E-state index in [1.807, 2.05) is 6.07 Å². The zero-order valence-corrected chi connectivity index (χ0v) is 10.4. The minimum absolute atomic E-state index is 0.167. The predicted molar refractivity (Wildman–Crippen MR) is 69.8 cm³/mol. The summed E-state index contributed by atoms with van der Waals surface area (Å²) in [6.45, 7) is 0. The monoisotopic (exact) mass is 325 g/mol. The molecule has 0 radical (unpaired) electrons. The van der Waals surface area contributed by atoms with Gasteiger partial charge in [0.25, 0.3) is 11.8 Å². The van der Waals surface area contributed by atoms with Gasteiger partial charge in [0.05, 0.1) is 0 Å². The molecule has 2 N–H and O–H groups in total. The molecule has 0 atom stereocenters. The fourth-order valence-corrected chi connectivity index (χ4v) is 2.49. The molecule has 4 nitrogen and oxygen atoms in total. The van der Waals surface area contributed by atoms with Gasteiger partial charge in [-0.3, -0.25) is 0 Å². The number of hydrogen-bond acceptors (Lipinski definition) is 4. The molecule has 1 aliphatic carbocycles. The van der Waals surface area contributed by atoms with Gasteiger partial charge in [-0.25, -0.2) is 0 Å². The third-order valence-corrected chi connectivity index (χ3v) is 3.58. The summed E-state index contributed by atoms with van der Waals surface area (Å²) in [6, 6.07) is 6.13. The molecule has 0 unspecified atom stereocenters. The molecular weight excluding hydrogens is 317 g/mol. The van der Waals surface area contributed by atoms with Gasteiger partial charge in [0.2, 0.25) is 0 Å². The Hall–Kier alpha value is -1.37. The molecule has 2 aromatic rings. The molecule has 0 saturated carbocycles. The van der Waals surface area contributed by atoms with Crippen LogP contribution in [0.2, 0.25) is 0 Å². The lowest BCUT2D eigenvalue weighted by molar-refractivity contribution is 0.433. The summed E-state index contributed by atoms with van der Waals surface area (Å²) in [5.74, 6) is 0.636. The first-order chi connectivity index (χ1) is 7.74. The molecule has 0 fully saturated rings. The van der Waals surface area contributed by atoms with E-state index in [0.717, 1.165) is 12.0 Å². The van der Waals surface area contributed by atoms with Gasteiger partial charge in [-0.05, 0) is 57.4 Å². The highest BCUT2D eigenvalue weighted by atomic mass is 127. The first kappa shape index (κ1) is 9.83. The van der Waals surface area contributed by atoms with Crippen molar-refractivity contribution < 1.29 is 4.52 Å². The molecule has 1 aromatic heterocycles. The van der Waals surface area contributed by atoms with Crippen LogP contribution in [0.15, 0.2) is 28.8 Å². The lowest BCUT2D eigenvalue weighted by Crippen LogP contribution is -1.87. The minimum Gasteiger partial charge on any atom is -0.365 e. The normalized spacial score (nSPS) is 13.7. The Morgan fingerprint density at radius 3 is 3.00 bits per heavy atom. The summed E-state index contributed by atoms with van der Waals surface area (Å²) in [7, 11) is 0. The van der Waals surface area contributed by atoms with Crippen molar-refractivity contribution in [3.05, 3.63) is 35.4 Å². The molecule has 0 spiro atoms. The van der Waals surface area contributed by atoms with Gasteiger partial charge in [-0.1, -0.05) is 12.1 Å². The third kappa shape index (κ3) is 1.51. The van der Waals surface area contributed by atoms with E-state index in [1.165, 1.54) is 14.7 Å². The molecule has 0 amide bonds. The van der Waals surface area contributed by atoms with E-state index in [1.54, 1.807) is 0 Å². The predicted octanol–water partition coefficient (Wildman–Crippen LogP) is 2.65. The van der Waals surface area contributed by atoms with E-state index < -0.39 is 0 Å². The van der Waals surface area contributed by atoms with Gasteiger partial charge in [-0.2, -0.15) is 4.98 Å². The van der Waals surface area contributed by atoms with Crippen molar-refractivity contribution in [1.82, 2.24) is 10.1 Å². The van der Waals surface area contributed by atoms with Crippen molar-refractivity contribution >= 4 is 32.1 Å². The summed E-state index contributed by atoms with van der Waals surface area (Å²) >= 11 is 2.33. The number of hydrogen-bond donors (Lipinski definition) is 1. The number of benzene rings is 1. The van der Waals surface area contributed by atoms with Gasteiger partial charge in [0, 0.05) is 9.14 Å². The zero-order chi connectivity index (χ0) is 11.1. The smallest absolute Gasteiger partial charge is 0.261 e. The molecule has 16 heavy (non-hydrogen) atoms. The van der Waals surface area contributed by atoms with Crippen LogP contribution in [0.25, 0.3) is 15.0 Å². The summed E-state index contributed by atoms with van der Waals surface area (Å²) < 4.78 is 6.30. The number of anilines is 1. The first-order valence-electron chi connectivity index (χ1n) is 4.82. The second-order valence-corrected chi connectivity index (χ2v) is 4.75. The topological polar surface area (TPSA) is 64.9 Å². The molecular formula is C11H8IN3O. The van der Waals surface area contributed by atoms with Gasteiger partial charge in [-0.15, -0.1) is 0 Å². The number of nitrogens with two attached hydrogens (primary N) is 1. The molecule has 5 heteroatoms. The summed E-state index contributed by atoms with van der Waals surface area (Å²) in [5, 5.41) is 3.58. The van der Waals surface area contributed by atoms with Crippen molar-refractivity contribution in [1.29, 1.82) is 0 Å². The van der Waals surface area contributed by atoms with Gasteiger partial charge in [0.1, 0.15) is 0 Å². The van der Waals surface area contributed by atoms with Gasteiger partial charge < -0.3 is 10.3 Å². The molecule has 0 bridgehead atoms. The first-order valence-corrected chi connectivity index (χ1v) is 5.90. The maximum Gasteiger partial charge on any atom is 0.261 e. The second kappa shape index (κ2) is 3.58. The fraction of sp³-hybridized carbons (Fsp3) is 0.0909. The van der Waals surface area contributed by atoms with Crippen molar-refractivity contribution in [3.8, 4) is 11.5 Å².